The lowest BCUT2D eigenvalue weighted by Crippen LogP contribution is -2.34. The molecule has 2 aromatic heterocycles. The van der Waals surface area contributed by atoms with Gasteiger partial charge in [0.15, 0.2) is 5.78 Å². The maximum absolute atomic E-state index is 14.2. The summed E-state index contributed by atoms with van der Waals surface area (Å²) in [6.45, 7) is 3.54. The van der Waals surface area contributed by atoms with Crippen molar-refractivity contribution < 1.29 is 32.2 Å². The number of hydrogen-bond donors (Lipinski definition) is 1. The minimum absolute atomic E-state index is 0.0423. The number of rotatable bonds is 7. The van der Waals surface area contributed by atoms with Crippen molar-refractivity contribution in [3.05, 3.63) is 88.1 Å². The number of aryl methyl sites for hydroxylation is 1. The number of aromatic nitrogens is 4. The van der Waals surface area contributed by atoms with Gasteiger partial charge in [-0.15, -0.1) is 10.2 Å². The third-order valence-electron chi connectivity index (χ3n) is 9.37. The number of Topliss-reactive ketones (excluding diaryl/α,β-unsaturated/α-hetero) is 1. The van der Waals surface area contributed by atoms with E-state index in [2.05, 4.69) is 20.5 Å². The zero-order valence-corrected chi connectivity index (χ0v) is 24.8. The Bertz CT molecular complexity index is 1910. The number of ketones is 1. The van der Waals surface area contributed by atoms with E-state index in [0.29, 0.717) is 55.5 Å². The monoisotopic (exact) mass is 630 g/mol. The Morgan fingerprint density at radius 3 is 2.83 bits per heavy atom. The van der Waals surface area contributed by atoms with Crippen LogP contribution < -0.4 is 14.8 Å². The molecule has 8 rings (SSSR count). The summed E-state index contributed by atoms with van der Waals surface area (Å²) in [6.07, 6.45) is -2.28. The second-order valence-electron chi connectivity index (χ2n) is 12.3. The van der Waals surface area contributed by atoms with Crippen LogP contribution >= 0.6 is 0 Å². The van der Waals surface area contributed by atoms with Crippen LogP contribution in [0.25, 0.3) is 0 Å². The maximum atomic E-state index is 14.2. The normalized spacial score (nSPS) is 21.4. The summed E-state index contributed by atoms with van der Waals surface area (Å²) in [5.74, 6) is 3.30. The number of nitrogens with zero attached hydrogens (tertiary/aromatic N) is 5. The zero-order valence-electron chi connectivity index (χ0n) is 24.8. The van der Waals surface area contributed by atoms with Gasteiger partial charge in [-0.1, -0.05) is 12.1 Å². The molecule has 1 saturated carbocycles. The topological polar surface area (TPSA) is 111 Å². The third kappa shape index (κ3) is 5.08. The van der Waals surface area contributed by atoms with Gasteiger partial charge in [0.25, 0.3) is 0 Å². The first kappa shape index (κ1) is 28.7. The molecule has 13 heteroatoms. The molecule has 236 valence electrons. The Morgan fingerprint density at radius 2 is 1.98 bits per heavy atom. The molecular weight excluding hydrogens is 601 g/mol. The molecular formula is C33H29F3N6O4. The fraction of sp³-hybridized carbons (Fsp3) is 0.364. The summed E-state index contributed by atoms with van der Waals surface area (Å²) in [6, 6.07) is 11.2. The average molecular weight is 631 g/mol. The summed E-state index contributed by atoms with van der Waals surface area (Å²) in [7, 11) is 0. The van der Waals surface area contributed by atoms with Crippen molar-refractivity contribution in [2.45, 2.75) is 64.0 Å². The number of nitrogens with one attached hydrogen (secondary N) is 1. The van der Waals surface area contributed by atoms with Crippen LogP contribution in [0.4, 0.5) is 19.0 Å². The first-order valence-electron chi connectivity index (χ1n) is 15.2. The lowest BCUT2D eigenvalue weighted by Gasteiger charge is -2.28. The van der Waals surface area contributed by atoms with Crippen LogP contribution in [-0.4, -0.2) is 49.0 Å². The summed E-state index contributed by atoms with van der Waals surface area (Å²) in [4.78, 5) is 31.2. The molecule has 0 bridgehead atoms. The number of benzene rings is 2. The molecule has 4 aromatic rings. The van der Waals surface area contributed by atoms with E-state index in [1.54, 1.807) is 18.3 Å². The molecule has 5 heterocycles. The Morgan fingerprint density at radius 1 is 1.11 bits per heavy atom. The van der Waals surface area contributed by atoms with Gasteiger partial charge in [-0.3, -0.25) is 14.5 Å². The zero-order chi connectivity index (χ0) is 31.7. The van der Waals surface area contributed by atoms with Gasteiger partial charge in [-0.25, -0.2) is 4.98 Å². The number of alkyl halides is 3. The molecule has 3 atom stereocenters. The molecule has 10 nitrogen and oxygen atoms in total. The number of carbonyl (C=O) groups excluding carboxylic acids is 2. The van der Waals surface area contributed by atoms with Crippen molar-refractivity contribution in [1.29, 1.82) is 0 Å². The Kier molecular flexibility index (Phi) is 6.64. The van der Waals surface area contributed by atoms with Gasteiger partial charge < -0.3 is 19.4 Å². The van der Waals surface area contributed by atoms with E-state index in [9.17, 15) is 22.8 Å². The predicted octanol–water partition coefficient (Wildman–Crippen LogP) is 5.44. The Balaban J connectivity index is 0.958. The largest absolute Gasteiger partial charge is 0.489 e. The minimum Gasteiger partial charge on any atom is -0.489 e. The van der Waals surface area contributed by atoms with Gasteiger partial charge in [-0.2, -0.15) is 13.2 Å². The molecule has 4 aliphatic rings. The minimum atomic E-state index is -4.60. The first-order valence-corrected chi connectivity index (χ1v) is 15.2. The van der Waals surface area contributed by atoms with Crippen molar-refractivity contribution in [1.82, 2.24) is 24.6 Å². The average Bonchev–Trinajstić information content (AvgIpc) is 3.34. The summed E-state index contributed by atoms with van der Waals surface area (Å²) < 4.78 is 56.9. The van der Waals surface area contributed by atoms with Crippen LogP contribution in [0.15, 0.2) is 48.7 Å². The van der Waals surface area contributed by atoms with Gasteiger partial charge in [0.1, 0.15) is 40.8 Å². The number of amides is 1. The molecule has 0 spiro atoms. The highest BCUT2D eigenvalue weighted by Gasteiger charge is 2.59. The van der Waals surface area contributed by atoms with Crippen LogP contribution in [0.1, 0.15) is 63.0 Å². The van der Waals surface area contributed by atoms with Crippen LogP contribution in [-0.2, 0) is 37.0 Å². The fourth-order valence-electron chi connectivity index (χ4n) is 6.95. The first-order chi connectivity index (χ1) is 22.1. The number of pyridine rings is 1. The number of fused-ring (bicyclic) bond motifs is 5. The third-order valence-corrected chi connectivity index (χ3v) is 9.37. The number of halogens is 3. The van der Waals surface area contributed by atoms with E-state index in [1.165, 1.54) is 12.1 Å². The molecule has 0 unspecified atom stereocenters. The van der Waals surface area contributed by atoms with Gasteiger partial charge in [0.2, 0.25) is 5.91 Å². The highest BCUT2D eigenvalue weighted by molar-refractivity contribution is 5.97. The molecule has 1 aliphatic carbocycles. The Hall–Kier alpha value is -4.78. The van der Waals surface area contributed by atoms with Crippen LogP contribution in [0.5, 0.6) is 17.2 Å². The number of carbonyl (C=O) groups is 2. The van der Waals surface area contributed by atoms with Gasteiger partial charge in [0.05, 0.1) is 12.1 Å². The Labute approximate surface area is 261 Å². The second-order valence-corrected chi connectivity index (χ2v) is 12.3. The van der Waals surface area contributed by atoms with Crippen LogP contribution in [0.3, 0.4) is 0 Å². The van der Waals surface area contributed by atoms with Crippen molar-refractivity contribution >= 4 is 17.5 Å². The molecule has 1 amide bonds. The number of ether oxygens (including phenoxy) is 2. The van der Waals surface area contributed by atoms with Crippen molar-refractivity contribution in [3.63, 3.8) is 0 Å². The smallest absolute Gasteiger partial charge is 0.416 e. The lowest BCUT2D eigenvalue weighted by molar-refractivity contribution is -0.138. The van der Waals surface area contributed by atoms with Gasteiger partial charge in [-0.05, 0) is 49.2 Å². The van der Waals surface area contributed by atoms with E-state index in [0.717, 1.165) is 28.8 Å². The quantitative estimate of drug-likeness (QED) is 0.269. The van der Waals surface area contributed by atoms with Gasteiger partial charge >= 0.3 is 6.18 Å². The second kappa shape index (κ2) is 10.6. The maximum Gasteiger partial charge on any atom is 0.416 e. The molecule has 0 radical (unpaired) electrons. The molecule has 3 aliphatic heterocycles. The standard InChI is InChI=1S/C33H29F3N6O4/c1-17-39-40-28-16-41(10-11-42(17)28)15-19-3-2-18(12-24(19)33(34,35)36)25(43)14-23-30-22-13-20(4-6-26(22)46-31(23)30)45-27-8-9-37-32-21(27)5-7-29(44)38-32/h2-4,6,8-9,12-13,23,30-31H,5,7,10-11,14-16H2,1H3,(H,37,38,44)/t23-,30-,31+/m0/s1. The fourth-order valence-corrected chi connectivity index (χ4v) is 6.95. The summed E-state index contributed by atoms with van der Waals surface area (Å²) in [5.41, 5.74) is 1.11. The highest BCUT2D eigenvalue weighted by atomic mass is 19.4. The molecule has 1 N–H and O–H groups in total. The van der Waals surface area contributed by atoms with Gasteiger partial charge in [0, 0.05) is 67.2 Å². The van der Waals surface area contributed by atoms with E-state index in [4.69, 9.17) is 9.47 Å². The molecule has 0 saturated heterocycles. The van der Waals surface area contributed by atoms with Crippen LogP contribution in [0, 0.1) is 12.8 Å². The lowest BCUT2D eigenvalue weighted by atomic mass is 9.97. The molecule has 2 aromatic carbocycles. The van der Waals surface area contributed by atoms with E-state index in [1.807, 2.05) is 28.5 Å². The van der Waals surface area contributed by atoms with E-state index >= 15 is 0 Å². The molecule has 1 fully saturated rings. The van der Waals surface area contributed by atoms with Crippen molar-refractivity contribution in [2.75, 3.05) is 11.9 Å². The van der Waals surface area contributed by atoms with E-state index in [-0.39, 0.29) is 53.7 Å². The predicted molar refractivity (Wildman–Crippen MR) is 158 cm³/mol. The number of anilines is 1. The summed E-state index contributed by atoms with van der Waals surface area (Å²) >= 11 is 0. The SMILES string of the molecule is Cc1nnc2n1CCN(Cc1ccc(C(=O)C[C@@H]3[C@H]4Oc5ccc(Oc6ccnc7c6CCC(=O)N7)cc5[C@@H]34)cc1C(F)(F)F)C2. The van der Waals surface area contributed by atoms with E-state index < -0.39 is 11.7 Å². The van der Waals surface area contributed by atoms with Crippen molar-refractivity contribution in [3.8, 4) is 17.2 Å². The number of hydrogen-bond acceptors (Lipinski definition) is 8. The summed E-state index contributed by atoms with van der Waals surface area (Å²) in [5, 5.41) is 11.0. The van der Waals surface area contributed by atoms with Crippen LogP contribution in [0.2, 0.25) is 0 Å². The highest BCUT2D eigenvalue weighted by Crippen LogP contribution is 2.60. The molecule has 46 heavy (non-hydrogen) atoms. The van der Waals surface area contributed by atoms with Crippen molar-refractivity contribution in [2.24, 2.45) is 5.92 Å².